The van der Waals surface area contributed by atoms with Crippen molar-refractivity contribution in [2.24, 2.45) is 4.99 Å². The summed E-state index contributed by atoms with van der Waals surface area (Å²) in [7, 11) is 1.47. The first kappa shape index (κ1) is 17.0. The monoisotopic (exact) mass is 339 g/mol. The van der Waals surface area contributed by atoms with Gasteiger partial charge >= 0.3 is 0 Å². The van der Waals surface area contributed by atoms with E-state index in [4.69, 9.17) is 14.2 Å². The highest BCUT2D eigenvalue weighted by molar-refractivity contribution is 6.42. The van der Waals surface area contributed by atoms with Crippen molar-refractivity contribution in [3.63, 3.8) is 0 Å². The van der Waals surface area contributed by atoms with Crippen LogP contribution in [-0.2, 0) is 11.2 Å². The molecule has 25 heavy (non-hydrogen) atoms. The van der Waals surface area contributed by atoms with Gasteiger partial charge in [-0.2, -0.15) is 0 Å². The highest BCUT2D eigenvalue weighted by Gasteiger charge is 2.24. The van der Waals surface area contributed by atoms with Crippen LogP contribution in [-0.4, -0.2) is 31.1 Å². The van der Waals surface area contributed by atoms with E-state index < -0.39 is 5.54 Å². The van der Waals surface area contributed by atoms with Crippen LogP contribution < -0.4 is 9.47 Å². The summed E-state index contributed by atoms with van der Waals surface area (Å²) >= 11 is 0. The minimum atomic E-state index is -0.510. The van der Waals surface area contributed by atoms with Crippen molar-refractivity contribution in [1.29, 1.82) is 0 Å². The molecule has 0 unspecified atom stereocenters. The van der Waals surface area contributed by atoms with Gasteiger partial charge < -0.3 is 14.2 Å². The Morgan fingerprint density at radius 1 is 1.12 bits per heavy atom. The van der Waals surface area contributed by atoms with Gasteiger partial charge in [0.1, 0.15) is 0 Å². The lowest BCUT2D eigenvalue weighted by Crippen LogP contribution is -2.27. The van der Waals surface area contributed by atoms with Crippen LogP contribution in [0.3, 0.4) is 0 Å². The van der Waals surface area contributed by atoms with Gasteiger partial charge in [0.15, 0.2) is 11.5 Å². The summed E-state index contributed by atoms with van der Waals surface area (Å²) in [6.07, 6.45) is 0.637. The van der Waals surface area contributed by atoms with E-state index in [1.807, 2.05) is 50.2 Å². The summed E-state index contributed by atoms with van der Waals surface area (Å²) in [4.78, 5) is 17.1. The Morgan fingerprint density at radius 2 is 1.84 bits per heavy atom. The van der Waals surface area contributed by atoms with E-state index in [1.165, 1.54) is 7.11 Å². The van der Waals surface area contributed by atoms with Crippen LogP contribution in [0.4, 0.5) is 0 Å². The Morgan fingerprint density at radius 3 is 2.56 bits per heavy atom. The molecule has 130 valence electrons. The van der Waals surface area contributed by atoms with Gasteiger partial charge in [-0.25, -0.2) is 4.99 Å². The number of methoxy groups -OCH3 is 1. The van der Waals surface area contributed by atoms with E-state index in [0.29, 0.717) is 12.0 Å². The second-order valence-corrected chi connectivity index (χ2v) is 6.49. The second kappa shape index (κ2) is 6.97. The molecule has 5 heteroatoms. The predicted octanol–water partition coefficient (Wildman–Crippen LogP) is 3.66. The number of hydrogen-bond acceptors (Lipinski definition) is 5. The van der Waals surface area contributed by atoms with Crippen LogP contribution in [0.5, 0.6) is 11.5 Å². The number of nitrogens with zero attached hydrogens (tertiary/aromatic N) is 1. The minimum Gasteiger partial charge on any atom is -0.478 e. The number of benzene rings is 2. The summed E-state index contributed by atoms with van der Waals surface area (Å²) in [5.74, 6) is 1.38. The molecule has 1 heterocycles. The number of ether oxygens (including phenoxy) is 3. The van der Waals surface area contributed by atoms with Crippen LogP contribution in [0.1, 0.15) is 29.8 Å². The molecular weight excluding hydrogens is 318 g/mol. The quantitative estimate of drug-likeness (QED) is 0.474. The van der Waals surface area contributed by atoms with Crippen molar-refractivity contribution in [3.8, 4) is 11.5 Å². The molecule has 0 atom stereocenters. The maximum atomic E-state index is 12.6. The SMILES string of the molecule is COC(=NC(C)(C)Cc1ccc2c(c1)OCO2)C(=O)c1ccccc1. The van der Waals surface area contributed by atoms with Gasteiger partial charge in [-0.1, -0.05) is 36.4 Å². The molecule has 1 aliphatic heterocycles. The molecule has 0 fully saturated rings. The molecule has 0 spiro atoms. The molecule has 0 radical (unpaired) electrons. The number of carbonyl (C=O) groups excluding carboxylic acids is 1. The molecule has 5 nitrogen and oxygen atoms in total. The summed E-state index contributed by atoms with van der Waals surface area (Å²) in [6, 6.07) is 14.8. The molecule has 0 amide bonds. The van der Waals surface area contributed by atoms with E-state index in [2.05, 4.69) is 4.99 Å². The van der Waals surface area contributed by atoms with E-state index in [0.717, 1.165) is 17.1 Å². The zero-order chi connectivity index (χ0) is 17.9. The fraction of sp³-hybridized carbons (Fsp3) is 0.300. The maximum Gasteiger partial charge on any atom is 0.258 e. The van der Waals surface area contributed by atoms with Gasteiger partial charge in [0.2, 0.25) is 12.6 Å². The summed E-state index contributed by atoms with van der Waals surface area (Å²) in [5.41, 5.74) is 1.10. The first-order valence-corrected chi connectivity index (χ1v) is 8.11. The molecular formula is C20H21NO4. The van der Waals surface area contributed by atoms with Crippen molar-refractivity contribution in [3.05, 3.63) is 59.7 Å². The average Bonchev–Trinajstić information content (AvgIpc) is 3.07. The largest absolute Gasteiger partial charge is 0.478 e. The molecule has 0 N–H and O–H groups in total. The fourth-order valence-electron chi connectivity index (χ4n) is 2.77. The van der Waals surface area contributed by atoms with Crippen LogP contribution in [0, 0.1) is 0 Å². The lowest BCUT2D eigenvalue weighted by Gasteiger charge is -2.21. The topological polar surface area (TPSA) is 57.1 Å². The molecule has 0 aromatic heterocycles. The third-order valence-electron chi connectivity index (χ3n) is 3.90. The number of fused-ring (bicyclic) bond motifs is 1. The van der Waals surface area contributed by atoms with Crippen molar-refractivity contribution in [1.82, 2.24) is 0 Å². The first-order valence-electron chi connectivity index (χ1n) is 8.11. The standard InChI is InChI=1S/C20H21NO4/c1-20(2,12-14-9-10-16-17(11-14)25-13-24-16)21-19(23-3)18(22)15-7-5-4-6-8-15/h4-11H,12-13H2,1-3H3. The zero-order valence-corrected chi connectivity index (χ0v) is 14.6. The molecule has 0 bridgehead atoms. The first-order chi connectivity index (χ1) is 12.0. The van der Waals surface area contributed by atoms with Crippen molar-refractivity contribution >= 4 is 11.7 Å². The molecule has 3 rings (SSSR count). The van der Waals surface area contributed by atoms with Gasteiger partial charge in [-0.05, 0) is 38.0 Å². The third-order valence-corrected chi connectivity index (χ3v) is 3.90. The summed E-state index contributed by atoms with van der Waals surface area (Å²) in [6.45, 7) is 4.18. The Labute approximate surface area is 147 Å². The zero-order valence-electron chi connectivity index (χ0n) is 14.6. The minimum absolute atomic E-state index is 0.108. The number of hydrogen-bond donors (Lipinski definition) is 0. The average molecular weight is 339 g/mol. The molecule has 2 aromatic carbocycles. The van der Waals surface area contributed by atoms with E-state index >= 15 is 0 Å². The second-order valence-electron chi connectivity index (χ2n) is 6.49. The summed E-state index contributed by atoms with van der Waals surface area (Å²) < 4.78 is 16.0. The molecule has 0 saturated carbocycles. The number of carbonyl (C=O) groups is 1. The Kier molecular flexibility index (Phi) is 4.74. The van der Waals surface area contributed by atoms with E-state index in [9.17, 15) is 4.79 Å². The van der Waals surface area contributed by atoms with Gasteiger partial charge in [0, 0.05) is 5.56 Å². The number of Topliss-reactive ketones (excluding diaryl/α,β-unsaturated/α-hetero) is 1. The fourth-order valence-corrected chi connectivity index (χ4v) is 2.77. The molecule has 2 aromatic rings. The number of ketones is 1. The predicted molar refractivity (Wildman–Crippen MR) is 95.6 cm³/mol. The Bertz CT molecular complexity index is 797. The van der Waals surface area contributed by atoms with Crippen LogP contribution >= 0.6 is 0 Å². The highest BCUT2D eigenvalue weighted by Crippen LogP contribution is 2.33. The highest BCUT2D eigenvalue weighted by atomic mass is 16.7. The molecule has 1 aliphatic rings. The number of aliphatic imine (C=N–C) groups is 1. The smallest absolute Gasteiger partial charge is 0.258 e. The van der Waals surface area contributed by atoms with E-state index in [-0.39, 0.29) is 18.5 Å². The van der Waals surface area contributed by atoms with Crippen LogP contribution in [0.2, 0.25) is 0 Å². The lowest BCUT2D eigenvalue weighted by atomic mass is 9.95. The van der Waals surface area contributed by atoms with E-state index in [1.54, 1.807) is 12.1 Å². The summed E-state index contributed by atoms with van der Waals surface area (Å²) in [5, 5.41) is 0. The van der Waals surface area contributed by atoms with Crippen LogP contribution in [0.25, 0.3) is 0 Å². The van der Waals surface area contributed by atoms with Gasteiger partial charge in [0.05, 0.1) is 12.6 Å². The van der Waals surface area contributed by atoms with Gasteiger partial charge in [-0.3, -0.25) is 4.79 Å². The van der Waals surface area contributed by atoms with Crippen LogP contribution in [0.15, 0.2) is 53.5 Å². The van der Waals surface area contributed by atoms with Gasteiger partial charge in [0.25, 0.3) is 5.90 Å². The Balaban J connectivity index is 1.80. The maximum absolute atomic E-state index is 12.6. The van der Waals surface area contributed by atoms with Gasteiger partial charge in [-0.15, -0.1) is 0 Å². The van der Waals surface area contributed by atoms with Crippen molar-refractivity contribution < 1.29 is 19.0 Å². The third kappa shape index (κ3) is 3.99. The Hall–Kier alpha value is -2.82. The normalized spacial score (nSPS) is 13.6. The molecule has 0 saturated heterocycles. The van der Waals surface area contributed by atoms with Crippen molar-refractivity contribution in [2.75, 3.05) is 13.9 Å². The number of rotatable bonds is 5. The van der Waals surface area contributed by atoms with Crippen molar-refractivity contribution in [2.45, 2.75) is 25.8 Å². The lowest BCUT2D eigenvalue weighted by molar-refractivity contribution is 0.103. The molecule has 0 aliphatic carbocycles.